The number of anilines is 2. The van der Waals surface area contributed by atoms with Gasteiger partial charge in [0.25, 0.3) is 10.0 Å². The van der Waals surface area contributed by atoms with E-state index in [2.05, 4.69) is 20.7 Å². The molecule has 0 bridgehead atoms. The zero-order chi connectivity index (χ0) is 15.6. The molecule has 0 atom stereocenters. The first kappa shape index (κ1) is 15.6. The first-order valence-electron chi connectivity index (χ1n) is 5.61. The van der Waals surface area contributed by atoms with Crippen LogP contribution in [-0.2, 0) is 10.0 Å². The summed E-state index contributed by atoms with van der Waals surface area (Å²) in [7, 11) is -3.84. The van der Waals surface area contributed by atoms with Crippen molar-refractivity contribution in [3.63, 3.8) is 0 Å². The topological polar surface area (TPSA) is 96.0 Å². The van der Waals surface area contributed by atoms with Crippen LogP contribution in [0.5, 0.6) is 0 Å². The highest BCUT2D eigenvalue weighted by molar-refractivity contribution is 9.10. The zero-order valence-electron chi connectivity index (χ0n) is 10.5. The maximum atomic E-state index is 12.3. The molecule has 0 aliphatic rings. The molecular weight excluding hydrogens is 378 g/mol. The van der Waals surface area contributed by atoms with Crippen LogP contribution in [0, 0.1) is 11.3 Å². The van der Waals surface area contributed by atoms with Crippen LogP contribution in [0.25, 0.3) is 0 Å². The van der Waals surface area contributed by atoms with Crippen molar-refractivity contribution in [2.45, 2.75) is 4.90 Å². The molecule has 0 radical (unpaired) electrons. The van der Waals surface area contributed by atoms with Crippen molar-refractivity contribution >= 4 is 48.9 Å². The van der Waals surface area contributed by atoms with Crippen LogP contribution in [0.1, 0.15) is 5.56 Å². The predicted molar refractivity (Wildman–Crippen MR) is 85.5 cm³/mol. The molecule has 108 valence electrons. The molecule has 0 aliphatic heterocycles. The molecule has 0 spiro atoms. The molecule has 0 heterocycles. The van der Waals surface area contributed by atoms with Crippen molar-refractivity contribution in [3.8, 4) is 6.07 Å². The molecule has 0 saturated carbocycles. The number of nitrogens with one attached hydrogen (secondary N) is 1. The fourth-order valence-electron chi connectivity index (χ4n) is 1.58. The van der Waals surface area contributed by atoms with Crippen LogP contribution in [-0.4, -0.2) is 8.42 Å². The maximum absolute atomic E-state index is 12.3. The summed E-state index contributed by atoms with van der Waals surface area (Å²) in [6.07, 6.45) is 0. The second kappa shape index (κ2) is 5.93. The Morgan fingerprint density at radius 3 is 2.52 bits per heavy atom. The van der Waals surface area contributed by atoms with Gasteiger partial charge in [-0.15, -0.1) is 0 Å². The quantitative estimate of drug-likeness (QED) is 0.791. The lowest BCUT2D eigenvalue weighted by atomic mass is 10.2. The standard InChI is InChI=1S/C13H9BrClN3O2S/c14-9-2-4-13(12(17)5-9)18-21(19,20)10-3-1-8(7-16)11(15)6-10/h1-6,18H,17H2. The van der Waals surface area contributed by atoms with Crippen molar-refractivity contribution in [1.82, 2.24) is 0 Å². The lowest BCUT2D eigenvalue weighted by Gasteiger charge is -2.11. The highest BCUT2D eigenvalue weighted by atomic mass is 79.9. The molecule has 21 heavy (non-hydrogen) atoms. The van der Waals surface area contributed by atoms with Crippen molar-refractivity contribution in [2.24, 2.45) is 0 Å². The van der Waals surface area contributed by atoms with Crippen LogP contribution < -0.4 is 10.5 Å². The van der Waals surface area contributed by atoms with Gasteiger partial charge >= 0.3 is 0 Å². The second-order valence-electron chi connectivity index (χ2n) is 4.09. The molecule has 5 nitrogen and oxygen atoms in total. The highest BCUT2D eigenvalue weighted by Gasteiger charge is 2.17. The number of halogens is 2. The van der Waals surface area contributed by atoms with Gasteiger partial charge in [0.2, 0.25) is 0 Å². The Morgan fingerprint density at radius 1 is 1.24 bits per heavy atom. The van der Waals surface area contributed by atoms with Gasteiger partial charge in [-0.2, -0.15) is 5.26 Å². The first-order chi connectivity index (χ1) is 9.83. The van der Waals surface area contributed by atoms with Gasteiger partial charge in [-0.3, -0.25) is 4.72 Å². The third-order valence-electron chi connectivity index (χ3n) is 2.63. The molecule has 0 unspecified atom stereocenters. The molecular formula is C13H9BrClN3O2S. The Balaban J connectivity index is 2.39. The fourth-order valence-corrected chi connectivity index (χ4v) is 3.36. The molecule has 8 heteroatoms. The average molecular weight is 387 g/mol. The van der Waals surface area contributed by atoms with E-state index in [4.69, 9.17) is 22.6 Å². The summed E-state index contributed by atoms with van der Waals surface area (Å²) >= 11 is 9.09. The number of hydrogen-bond donors (Lipinski definition) is 2. The van der Waals surface area contributed by atoms with E-state index in [1.807, 2.05) is 6.07 Å². The number of nitrogens with zero attached hydrogens (tertiary/aromatic N) is 1. The lowest BCUT2D eigenvalue weighted by molar-refractivity contribution is 0.601. The molecule has 2 aromatic carbocycles. The maximum Gasteiger partial charge on any atom is 0.262 e. The third kappa shape index (κ3) is 3.47. The summed E-state index contributed by atoms with van der Waals surface area (Å²) < 4.78 is 27.7. The monoisotopic (exact) mass is 385 g/mol. The summed E-state index contributed by atoms with van der Waals surface area (Å²) in [5.74, 6) is 0. The first-order valence-corrected chi connectivity index (χ1v) is 8.26. The van der Waals surface area contributed by atoms with Crippen molar-refractivity contribution in [2.75, 3.05) is 10.5 Å². The fraction of sp³-hybridized carbons (Fsp3) is 0. The van der Waals surface area contributed by atoms with E-state index in [0.29, 0.717) is 0 Å². The van der Waals surface area contributed by atoms with Gasteiger partial charge in [0, 0.05) is 4.47 Å². The van der Waals surface area contributed by atoms with Crippen LogP contribution in [0.3, 0.4) is 0 Å². The predicted octanol–water partition coefficient (Wildman–Crippen LogP) is 3.36. The summed E-state index contributed by atoms with van der Waals surface area (Å²) in [5, 5.41) is 8.86. The number of nitrogen functional groups attached to an aromatic ring is 1. The molecule has 3 N–H and O–H groups in total. The molecule has 2 aromatic rings. The Labute approximate surface area is 135 Å². The molecule has 2 rings (SSSR count). The van der Waals surface area contributed by atoms with E-state index in [9.17, 15) is 8.42 Å². The van der Waals surface area contributed by atoms with Gasteiger partial charge < -0.3 is 5.73 Å². The smallest absolute Gasteiger partial charge is 0.262 e. The van der Waals surface area contributed by atoms with E-state index in [0.717, 1.165) is 4.47 Å². The summed E-state index contributed by atoms with van der Waals surface area (Å²) in [6, 6.07) is 10.5. The molecule has 0 saturated heterocycles. The van der Waals surface area contributed by atoms with Crippen LogP contribution in [0.15, 0.2) is 45.8 Å². The van der Waals surface area contributed by atoms with Crippen molar-refractivity contribution in [3.05, 3.63) is 51.5 Å². The van der Waals surface area contributed by atoms with E-state index in [-0.39, 0.29) is 26.9 Å². The van der Waals surface area contributed by atoms with Gasteiger partial charge in [0.1, 0.15) is 6.07 Å². The largest absolute Gasteiger partial charge is 0.397 e. The minimum atomic E-state index is -3.84. The summed E-state index contributed by atoms with van der Waals surface area (Å²) in [4.78, 5) is -0.0474. The summed E-state index contributed by atoms with van der Waals surface area (Å²) in [5.41, 5.74) is 6.51. The van der Waals surface area contributed by atoms with Gasteiger partial charge in [-0.25, -0.2) is 8.42 Å². The number of nitriles is 1. The van der Waals surface area contributed by atoms with Gasteiger partial charge in [0.15, 0.2) is 0 Å². The van der Waals surface area contributed by atoms with Gasteiger partial charge in [0.05, 0.1) is 26.9 Å². The number of sulfonamides is 1. The van der Waals surface area contributed by atoms with Crippen molar-refractivity contribution < 1.29 is 8.42 Å². The normalized spacial score (nSPS) is 10.9. The Bertz CT molecular complexity index is 847. The average Bonchev–Trinajstić information content (AvgIpc) is 2.42. The number of hydrogen-bond acceptors (Lipinski definition) is 4. The lowest BCUT2D eigenvalue weighted by Crippen LogP contribution is -2.14. The SMILES string of the molecule is N#Cc1ccc(S(=O)(=O)Nc2ccc(Br)cc2N)cc1Cl. The van der Waals surface area contributed by atoms with Crippen molar-refractivity contribution in [1.29, 1.82) is 5.26 Å². The number of benzene rings is 2. The summed E-state index contributed by atoms with van der Waals surface area (Å²) in [6.45, 7) is 0. The molecule has 0 amide bonds. The Kier molecular flexibility index (Phi) is 4.42. The minimum absolute atomic E-state index is 0.0474. The van der Waals surface area contributed by atoms with E-state index in [1.165, 1.54) is 18.2 Å². The van der Waals surface area contributed by atoms with E-state index < -0.39 is 10.0 Å². The number of nitrogens with two attached hydrogens (primary N) is 1. The minimum Gasteiger partial charge on any atom is -0.397 e. The Hall–Kier alpha value is -1.75. The zero-order valence-corrected chi connectivity index (χ0v) is 13.6. The van der Waals surface area contributed by atoms with E-state index in [1.54, 1.807) is 18.2 Å². The van der Waals surface area contributed by atoms with Gasteiger partial charge in [-0.1, -0.05) is 27.5 Å². The molecule has 0 aliphatic carbocycles. The number of rotatable bonds is 3. The Morgan fingerprint density at radius 2 is 1.95 bits per heavy atom. The van der Waals surface area contributed by atoms with E-state index >= 15 is 0 Å². The van der Waals surface area contributed by atoms with Gasteiger partial charge in [-0.05, 0) is 36.4 Å². The third-order valence-corrected chi connectivity index (χ3v) is 4.80. The van der Waals surface area contributed by atoms with Crippen LogP contribution in [0.2, 0.25) is 5.02 Å². The molecule has 0 aromatic heterocycles. The highest BCUT2D eigenvalue weighted by Crippen LogP contribution is 2.27. The van der Waals surface area contributed by atoms with Crippen LogP contribution >= 0.6 is 27.5 Å². The van der Waals surface area contributed by atoms with Crippen LogP contribution in [0.4, 0.5) is 11.4 Å². The second-order valence-corrected chi connectivity index (χ2v) is 7.10. The molecule has 0 fully saturated rings.